The van der Waals surface area contributed by atoms with Gasteiger partial charge in [0.2, 0.25) is 12.3 Å². The molecule has 0 aliphatic rings. The maximum absolute atomic E-state index is 10.7. The highest BCUT2D eigenvalue weighted by atomic mass is 16.6. The van der Waals surface area contributed by atoms with Crippen molar-refractivity contribution < 1.29 is 14.1 Å². The molecular weight excluding hydrogens is 300 g/mol. The first-order valence-corrected chi connectivity index (χ1v) is 6.40. The molecule has 8 nitrogen and oxygen atoms in total. The molecule has 2 aromatic carbocycles. The number of nitrogens with zero attached hydrogens (tertiary/aromatic N) is 4. The quantitative estimate of drug-likeness (QED) is 0.536. The summed E-state index contributed by atoms with van der Waals surface area (Å²) in [5.41, 5.74) is 0.552. The number of nitriles is 1. The van der Waals surface area contributed by atoms with Gasteiger partial charge in [-0.2, -0.15) is 5.26 Å². The van der Waals surface area contributed by atoms with E-state index in [2.05, 4.69) is 10.2 Å². The number of benzene rings is 2. The van der Waals surface area contributed by atoms with Gasteiger partial charge in [-0.25, -0.2) is 0 Å². The van der Waals surface area contributed by atoms with E-state index >= 15 is 0 Å². The van der Waals surface area contributed by atoms with E-state index in [4.69, 9.17) is 14.4 Å². The number of non-ortho nitro benzene ring substituents is 1. The van der Waals surface area contributed by atoms with Crippen molar-refractivity contribution in [1.82, 2.24) is 10.2 Å². The molecule has 0 unspecified atom stereocenters. The Hall–Kier alpha value is -3.73. The van der Waals surface area contributed by atoms with Gasteiger partial charge in [-0.3, -0.25) is 10.1 Å². The van der Waals surface area contributed by atoms with Crippen LogP contribution in [0, 0.1) is 21.4 Å². The lowest BCUT2D eigenvalue weighted by Crippen LogP contribution is -1.92. The Morgan fingerprint density at radius 3 is 2.83 bits per heavy atom. The van der Waals surface area contributed by atoms with E-state index < -0.39 is 4.92 Å². The number of ether oxygens (including phenoxy) is 1. The minimum atomic E-state index is -0.569. The lowest BCUT2D eigenvalue weighted by atomic mass is 10.2. The first-order valence-electron chi connectivity index (χ1n) is 6.40. The van der Waals surface area contributed by atoms with Crippen LogP contribution in [-0.2, 0) is 0 Å². The Bertz CT molecular complexity index is 900. The molecule has 23 heavy (non-hydrogen) atoms. The van der Waals surface area contributed by atoms with Crippen LogP contribution in [0.5, 0.6) is 11.5 Å². The molecule has 3 aromatic rings. The summed E-state index contributed by atoms with van der Waals surface area (Å²) in [6.45, 7) is 0. The van der Waals surface area contributed by atoms with Gasteiger partial charge in [-0.05, 0) is 24.3 Å². The molecule has 0 spiro atoms. The van der Waals surface area contributed by atoms with Gasteiger partial charge in [0.25, 0.3) is 5.69 Å². The molecule has 3 rings (SSSR count). The highest BCUT2D eigenvalue weighted by molar-refractivity contribution is 5.57. The first-order chi connectivity index (χ1) is 11.2. The predicted molar refractivity (Wildman–Crippen MR) is 77.6 cm³/mol. The van der Waals surface area contributed by atoms with E-state index in [0.717, 1.165) is 6.07 Å². The predicted octanol–water partition coefficient (Wildman–Crippen LogP) is 3.31. The summed E-state index contributed by atoms with van der Waals surface area (Å²) in [4.78, 5) is 10.2. The smallest absolute Gasteiger partial charge is 0.271 e. The molecule has 0 saturated heterocycles. The molecule has 1 heterocycles. The minimum Gasteiger partial charge on any atom is -0.456 e. The van der Waals surface area contributed by atoms with Crippen LogP contribution in [0.4, 0.5) is 5.69 Å². The molecule has 1 aromatic heterocycles. The third kappa shape index (κ3) is 2.98. The molecule has 0 amide bonds. The minimum absolute atomic E-state index is 0.0717. The van der Waals surface area contributed by atoms with Gasteiger partial charge in [-0.1, -0.05) is 6.07 Å². The number of aromatic nitrogens is 2. The third-order valence-electron chi connectivity index (χ3n) is 2.96. The van der Waals surface area contributed by atoms with Crippen LogP contribution in [0.2, 0.25) is 0 Å². The Balaban J connectivity index is 1.92. The molecule has 0 aliphatic carbocycles. The van der Waals surface area contributed by atoms with Gasteiger partial charge in [0, 0.05) is 17.7 Å². The SMILES string of the molecule is N#Cc1cc([N+](=O)[O-])ccc1Oc1cccc(-c2nnco2)c1. The zero-order valence-electron chi connectivity index (χ0n) is 11.5. The van der Waals surface area contributed by atoms with Crippen LogP contribution in [0.25, 0.3) is 11.5 Å². The van der Waals surface area contributed by atoms with E-state index in [0.29, 0.717) is 17.2 Å². The van der Waals surface area contributed by atoms with Crippen molar-refractivity contribution in [2.75, 3.05) is 0 Å². The summed E-state index contributed by atoms with van der Waals surface area (Å²) < 4.78 is 10.7. The normalized spacial score (nSPS) is 10.0. The summed E-state index contributed by atoms with van der Waals surface area (Å²) >= 11 is 0. The topological polar surface area (TPSA) is 115 Å². The van der Waals surface area contributed by atoms with Crippen LogP contribution in [-0.4, -0.2) is 15.1 Å². The van der Waals surface area contributed by atoms with Crippen LogP contribution in [0.15, 0.2) is 53.3 Å². The third-order valence-corrected chi connectivity index (χ3v) is 2.96. The van der Waals surface area contributed by atoms with E-state index in [-0.39, 0.29) is 17.0 Å². The van der Waals surface area contributed by atoms with Gasteiger partial charge in [0.05, 0.1) is 4.92 Å². The number of nitro groups is 1. The number of hydrogen-bond donors (Lipinski definition) is 0. The second-order valence-corrected chi connectivity index (χ2v) is 4.42. The number of rotatable bonds is 4. The average molecular weight is 308 g/mol. The average Bonchev–Trinajstić information content (AvgIpc) is 3.10. The molecule has 0 atom stereocenters. The summed E-state index contributed by atoms with van der Waals surface area (Å²) in [6.07, 6.45) is 1.22. The van der Waals surface area contributed by atoms with E-state index in [1.807, 2.05) is 6.07 Å². The zero-order valence-corrected chi connectivity index (χ0v) is 11.5. The van der Waals surface area contributed by atoms with E-state index in [9.17, 15) is 10.1 Å². The largest absolute Gasteiger partial charge is 0.456 e. The van der Waals surface area contributed by atoms with Crippen molar-refractivity contribution in [2.24, 2.45) is 0 Å². The summed E-state index contributed by atoms with van der Waals surface area (Å²) in [6, 6.07) is 12.5. The summed E-state index contributed by atoms with van der Waals surface area (Å²) in [5, 5.41) is 27.3. The van der Waals surface area contributed by atoms with Gasteiger partial charge < -0.3 is 9.15 Å². The van der Waals surface area contributed by atoms with Gasteiger partial charge in [-0.15, -0.1) is 10.2 Å². The van der Waals surface area contributed by atoms with Crippen molar-refractivity contribution >= 4 is 5.69 Å². The van der Waals surface area contributed by atoms with E-state index in [1.165, 1.54) is 18.5 Å². The number of nitro benzene ring substituents is 1. The molecule has 0 fully saturated rings. The molecule has 0 aliphatic heterocycles. The Kier molecular flexibility index (Phi) is 3.68. The molecule has 0 radical (unpaired) electrons. The monoisotopic (exact) mass is 308 g/mol. The van der Waals surface area contributed by atoms with E-state index in [1.54, 1.807) is 24.3 Å². The van der Waals surface area contributed by atoms with Crippen molar-refractivity contribution in [2.45, 2.75) is 0 Å². The van der Waals surface area contributed by atoms with Crippen molar-refractivity contribution in [3.05, 3.63) is 64.5 Å². The molecule has 0 N–H and O–H groups in total. The lowest BCUT2D eigenvalue weighted by Gasteiger charge is -2.08. The zero-order chi connectivity index (χ0) is 16.2. The Morgan fingerprint density at radius 1 is 1.26 bits per heavy atom. The van der Waals surface area contributed by atoms with Crippen LogP contribution >= 0.6 is 0 Å². The standard InChI is InChI=1S/C15H8N4O4/c16-8-11-6-12(19(20)21)4-5-14(11)23-13-3-1-2-10(7-13)15-18-17-9-22-15/h1-7,9H. The molecule has 8 heteroatoms. The molecule has 0 saturated carbocycles. The Labute approximate surface area is 129 Å². The van der Waals surface area contributed by atoms with Gasteiger partial charge in [0.15, 0.2) is 0 Å². The summed E-state index contributed by atoms with van der Waals surface area (Å²) in [7, 11) is 0. The van der Waals surface area contributed by atoms with Gasteiger partial charge in [0.1, 0.15) is 23.1 Å². The second-order valence-electron chi connectivity index (χ2n) is 4.42. The maximum atomic E-state index is 10.7. The van der Waals surface area contributed by atoms with Crippen LogP contribution < -0.4 is 4.74 Å². The second kappa shape index (κ2) is 5.95. The van der Waals surface area contributed by atoms with Crippen molar-refractivity contribution in [3.63, 3.8) is 0 Å². The van der Waals surface area contributed by atoms with Crippen LogP contribution in [0.1, 0.15) is 5.56 Å². The fourth-order valence-corrected chi connectivity index (χ4v) is 1.93. The highest BCUT2D eigenvalue weighted by Gasteiger charge is 2.13. The molecule has 0 bridgehead atoms. The summed E-state index contributed by atoms with van der Waals surface area (Å²) in [5.74, 6) is 0.992. The van der Waals surface area contributed by atoms with Gasteiger partial charge >= 0.3 is 0 Å². The highest BCUT2D eigenvalue weighted by Crippen LogP contribution is 2.30. The maximum Gasteiger partial charge on any atom is 0.271 e. The fourth-order valence-electron chi connectivity index (χ4n) is 1.93. The van der Waals surface area contributed by atoms with Crippen molar-refractivity contribution in [1.29, 1.82) is 5.26 Å². The lowest BCUT2D eigenvalue weighted by molar-refractivity contribution is -0.384. The van der Waals surface area contributed by atoms with Crippen molar-refractivity contribution in [3.8, 4) is 29.0 Å². The fraction of sp³-hybridized carbons (Fsp3) is 0. The Morgan fingerprint density at radius 2 is 2.13 bits per heavy atom. The first kappa shape index (κ1) is 14.2. The molecule has 112 valence electrons. The number of hydrogen-bond acceptors (Lipinski definition) is 7. The van der Waals surface area contributed by atoms with Crippen LogP contribution in [0.3, 0.4) is 0 Å². The molecular formula is C15H8N4O4.